The molecule has 2 rings (SSSR count). The van der Waals surface area contributed by atoms with Gasteiger partial charge in [0.15, 0.2) is 0 Å². The second kappa shape index (κ2) is 4.95. The average molecular weight is 303 g/mol. The van der Waals surface area contributed by atoms with Crippen molar-refractivity contribution in [2.75, 3.05) is 0 Å². The molecule has 0 fully saturated rings. The Morgan fingerprint density at radius 2 is 2.06 bits per heavy atom. The van der Waals surface area contributed by atoms with Gasteiger partial charge in [-0.25, -0.2) is 14.2 Å². The fraction of sp³-hybridized carbons (Fsp3) is 0.0909. The summed E-state index contributed by atoms with van der Waals surface area (Å²) >= 11 is 3.24. The fourth-order valence-electron chi connectivity index (χ4n) is 1.55. The molecule has 0 spiro atoms. The summed E-state index contributed by atoms with van der Waals surface area (Å²) in [6.07, 6.45) is 1.43. The lowest BCUT2D eigenvalue weighted by Gasteiger charge is -2.15. The number of nitrogens with two attached hydrogens (primary N) is 1. The quantitative estimate of drug-likeness (QED) is 0.677. The van der Waals surface area contributed by atoms with Crippen LogP contribution in [-0.4, -0.2) is 0 Å². The van der Waals surface area contributed by atoms with E-state index >= 15 is 0 Å². The lowest BCUT2D eigenvalue weighted by atomic mass is 10.0. The minimum atomic E-state index is -0.755. The van der Waals surface area contributed by atoms with Crippen LogP contribution >= 0.6 is 15.9 Å². The molecule has 1 aromatic carbocycles. The summed E-state index contributed by atoms with van der Waals surface area (Å²) in [5, 5.41) is 0. The molecule has 90 valence electrons. The van der Waals surface area contributed by atoms with E-state index in [0.29, 0.717) is 10.2 Å². The predicted molar refractivity (Wildman–Crippen MR) is 61.9 cm³/mol. The highest BCUT2D eigenvalue weighted by Gasteiger charge is 2.22. The number of furan rings is 1. The number of hydrogen-bond donors (Lipinski definition) is 2. The molecule has 0 saturated heterocycles. The Hall–Kier alpha value is -1.24. The van der Waals surface area contributed by atoms with Crippen LogP contribution in [0.2, 0.25) is 0 Å². The van der Waals surface area contributed by atoms with Crippen molar-refractivity contribution in [2.24, 2.45) is 5.84 Å². The van der Waals surface area contributed by atoms with Crippen LogP contribution in [0.25, 0.3) is 0 Å². The zero-order valence-corrected chi connectivity index (χ0v) is 10.2. The van der Waals surface area contributed by atoms with Gasteiger partial charge in [0.25, 0.3) is 0 Å². The first-order valence-electron chi connectivity index (χ1n) is 4.77. The number of rotatable bonds is 3. The van der Waals surface area contributed by atoms with E-state index in [1.807, 2.05) is 0 Å². The first-order chi connectivity index (χ1) is 8.13. The molecule has 0 aliphatic heterocycles. The highest BCUT2D eigenvalue weighted by atomic mass is 79.9. The van der Waals surface area contributed by atoms with Gasteiger partial charge in [-0.15, -0.1) is 0 Å². The summed E-state index contributed by atoms with van der Waals surface area (Å²) in [5.74, 6) is 4.65. The first-order valence-corrected chi connectivity index (χ1v) is 5.56. The molecular formula is C11H9BrF2N2O. The molecule has 0 saturated carbocycles. The van der Waals surface area contributed by atoms with Crippen LogP contribution in [0, 0.1) is 11.6 Å². The van der Waals surface area contributed by atoms with Gasteiger partial charge in [0.1, 0.15) is 23.4 Å². The summed E-state index contributed by atoms with van der Waals surface area (Å²) in [4.78, 5) is 0. The Morgan fingerprint density at radius 3 is 2.65 bits per heavy atom. The molecule has 0 radical (unpaired) electrons. The van der Waals surface area contributed by atoms with Gasteiger partial charge in [0, 0.05) is 5.56 Å². The topological polar surface area (TPSA) is 51.2 Å². The van der Waals surface area contributed by atoms with Crippen molar-refractivity contribution < 1.29 is 13.2 Å². The monoisotopic (exact) mass is 302 g/mol. The van der Waals surface area contributed by atoms with Gasteiger partial charge in [-0.1, -0.05) is 0 Å². The number of hydrogen-bond acceptors (Lipinski definition) is 3. The third-order valence-corrected chi connectivity index (χ3v) is 3.00. The van der Waals surface area contributed by atoms with E-state index in [1.165, 1.54) is 6.26 Å². The van der Waals surface area contributed by atoms with Crippen molar-refractivity contribution in [1.82, 2.24) is 5.43 Å². The SMILES string of the molecule is NNC(c1cc(F)ccc1F)c1occc1Br. The van der Waals surface area contributed by atoms with Gasteiger partial charge < -0.3 is 4.42 Å². The Kier molecular flexibility index (Phi) is 3.56. The lowest BCUT2D eigenvalue weighted by Crippen LogP contribution is -2.29. The Balaban J connectivity index is 2.49. The third-order valence-electron chi connectivity index (χ3n) is 2.34. The van der Waals surface area contributed by atoms with E-state index in [-0.39, 0.29) is 5.56 Å². The normalized spacial score (nSPS) is 12.7. The molecule has 3 nitrogen and oxygen atoms in total. The second-order valence-corrected chi connectivity index (χ2v) is 4.25. The number of hydrazine groups is 1. The van der Waals surface area contributed by atoms with Crippen LogP contribution in [0.1, 0.15) is 17.4 Å². The molecule has 1 heterocycles. The van der Waals surface area contributed by atoms with Gasteiger partial charge >= 0.3 is 0 Å². The maximum Gasteiger partial charge on any atom is 0.140 e. The lowest BCUT2D eigenvalue weighted by molar-refractivity contribution is 0.437. The van der Waals surface area contributed by atoms with Gasteiger partial charge in [-0.2, -0.15) is 0 Å². The molecule has 0 bridgehead atoms. The van der Waals surface area contributed by atoms with E-state index in [2.05, 4.69) is 21.4 Å². The molecule has 1 atom stereocenters. The van der Waals surface area contributed by atoms with Crippen molar-refractivity contribution >= 4 is 15.9 Å². The number of benzene rings is 1. The fourth-order valence-corrected chi connectivity index (χ4v) is 1.98. The molecule has 17 heavy (non-hydrogen) atoms. The maximum absolute atomic E-state index is 13.6. The van der Waals surface area contributed by atoms with E-state index < -0.39 is 17.7 Å². The summed E-state index contributed by atoms with van der Waals surface area (Å²) in [6.45, 7) is 0. The molecule has 1 aromatic heterocycles. The van der Waals surface area contributed by atoms with E-state index in [9.17, 15) is 8.78 Å². The van der Waals surface area contributed by atoms with Gasteiger partial charge in [0.05, 0.1) is 10.7 Å². The zero-order chi connectivity index (χ0) is 12.4. The smallest absolute Gasteiger partial charge is 0.140 e. The number of nitrogens with one attached hydrogen (secondary N) is 1. The van der Waals surface area contributed by atoms with Crippen LogP contribution in [0.15, 0.2) is 39.4 Å². The van der Waals surface area contributed by atoms with E-state index in [1.54, 1.807) is 6.07 Å². The van der Waals surface area contributed by atoms with E-state index in [0.717, 1.165) is 18.2 Å². The Labute approximate surface area is 105 Å². The minimum Gasteiger partial charge on any atom is -0.466 e. The standard InChI is InChI=1S/C11H9BrF2N2O/c12-8-3-4-17-11(8)10(16-15)7-5-6(13)1-2-9(7)14/h1-5,10,16H,15H2. The van der Waals surface area contributed by atoms with Crippen molar-refractivity contribution in [2.45, 2.75) is 6.04 Å². The maximum atomic E-state index is 13.6. The largest absolute Gasteiger partial charge is 0.466 e. The minimum absolute atomic E-state index is 0.0863. The zero-order valence-electron chi connectivity index (χ0n) is 8.58. The molecule has 6 heteroatoms. The van der Waals surface area contributed by atoms with Crippen molar-refractivity contribution in [3.63, 3.8) is 0 Å². The third kappa shape index (κ3) is 2.38. The van der Waals surface area contributed by atoms with Crippen LogP contribution < -0.4 is 11.3 Å². The Bertz CT molecular complexity index is 530. The van der Waals surface area contributed by atoms with Crippen molar-refractivity contribution in [3.05, 3.63) is 58.0 Å². The Morgan fingerprint density at radius 1 is 1.29 bits per heavy atom. The van der Waals surface area contributed by atoms with Gasteiger partial charge in [-0.05, 0) is 40.2 Å². The summed E-state index contributed by atoms with van der Waals surface area (Å²) < 4.78 is 32.5. The van der Waals surface area contributed by atoms with Gasteiger partial charge in [0.2, 0.25) is 0 Å². The summed E-state index contributed by atoms with van der Waals surface area (Å²) in [5.41, 5.74) is 2.49. The first kappa shape index (κ1) is 12.2. The second-order valence-electron chi connectivity index (χ2n) is 3.40. The summed E-state index contributed by atoms with van der Waals surface area (Å²) in [6, 6.07) is 4.07. The molecule has 0 aliphatic rings. The molecule has 1 unspecified atom stereocenters. The molecule has 3 N–H and O–H groups in total. The highest BCUT2D eigenvalue weighted by Crippen LogP contribution is 2.30. The molecule has 0 amide bonds. The van der Waals surface area contributed by atoms with Gasteiger partial charge in [-0.3, -0.25) is 5.84 Å². The summed E-state index contributed by atoms with van der Waals surface area (Å²) in [7, 11) is 0. The predicted octanol–water partition coefficient (Wildman–Crippen LogP) is 2.87. The number of halogens is 3. The average Bonchev–Trinajstić information content (AvgIpc) is 2.71. The van der Waals surface area contributed by atoms with Crippen molar-refractivity contribution in [1.29, 1.82) is 0 Å². The van der Waals surface area contributed by atoms with Crippen molar-refractivity contribution in [3.8, 4) is 0 Å². The van der Waals surface area contributed by atoms with E-state index in [4.69, 9.17) is 10.3 Å². The highest BCUT2D eigenvalue weighted by molar-refractivity contribution is 9.10. The molecule has 2 aromatic rings. The van der Waals surface area contributed by atoms with Crippen LogP contribution in [0.3, 0.4) is 0 Å². The van der Waals surface area contributed by atoms with Crippen LogP contribution in [0.4, 0.5) is 8.78 Å². The molecule has 0 aliphatic carbocycles. The van der Waals surface area contributed by atoms with Crippen LogP contribution in [0.5, 0.6) is 0 Å². The van der Waals surface area contributed by atoms with Crippen LogP contribution in [-0.2, 0) is 0 Å². The molecular weight excluding hydrogens is 294 g/mol.